The van der Waals surface area contributed by atoms with Crippen molar-refractivity contribution < 1.29 is 22.1 Å². The fourth-order valence-electron chi connectivity index (χ4n) is 1.32. The lowest BCUT2D eigenvalue weighted by Gasteiger charge is -2.14. The molecule has 0 amide bonds. The summed E-state index contributed by atoms with van der Waals surface area (Å²) in [7, 11) is -3.81. The molecule has 6 heteroatoms. The fraction of sp³-hybridized carbons (Fsp3) is 0.750. The number of esters is 1. The van der Waals surface area contributed by atoms with E-state index in [0.29, 0.717) is 0 Å². The average Bonchev–Trinajstić information content (AvgIpc) is 2.36. The Morgan fingerprint density at radius 1 is 1.39 bits per heavy atom. The zero-order valence-electron chi connectivity index (χ0n) is 11.1. The van der Waals surface area contributed by atoms with E-state index in [0.717, 1.165) is 31.8 Å². The van der Waals surface area contributed by atoms with Crippen LogP contribution in [0.4, 0.5) is 0 Å². The molecule has 0 heterocycles. The summed E-state index contributed by atoms with van der Waals surface area (Å²) in [5.41, 5.74) is 0. The molecule has 18 heavy (non-hydrogen) atoms. The van der Waals surface area contributed by atoms with Gasteiger partial charge in [0.1, 0.15) is 0 Å². The van der Waals surface area contributed by atoms with Crippen LogP contribution < -0.4 is 0 Å². The van der Waals surface area contributed by atoms with E-state index in [9.17, 15) is 13.2 Å². The van der Waals surface area contributed by atoms with Crippen molar-refractivity contribution >= 4 is 16.1 Å². The van der Waals surface area contributed by atoms with E-state index in [2.05, 4.69) is 18.2 Å². The lowest BCUT2D eigenvalue weighted by Crippen LogP contribution is -2.19. The summed E-state index contributed by atoms with van der Waals surface area (Å²) >= 11 is 0. The molecule has 0 spiro atoms. The van der Waals surface area contributed by atoms with Gasteiger partial charge < -0.3 is 4.74 Å². The normalized spacial score (nSPS) is 13.0. The van der Waals surface area contributed by atoms with Crippen molar-refractivity contribution in [2.45, 2.75) is 39.5 Å². The van der Waals surface area contributed by atoms with Gasteiger partial charge in [0.15, 0.2) is 0 Å². The molecule has 0 saturated carbocycles. The van der Waals surface area contributed by atoms with Crippen LogP contribution in [0.1, 0.15) is 39.5 Å². The second-order valence-corrected chi connectivity index (χ2v) is 5.63. The van der Waals surface area contributed by atoms with E-state index >= 15 is 0 Å². The van der Waals surface area contributed by atoms with Gasteiger partial charge in [0.05, 0.1) is 6.61 Å². The Balaban J connectivity index is 4.07. The molecule has 1 atom stereocenters. The second-order valence-electron chi connectivity index (χ2n) is 4.04. The molecule has 0 saturated heterocycles. The predicted molar refractivity (Wildman–Crippen MR) is 69.3 cm³/mol. The number of ether oxygens (including phenoxy) is 1. The maximum absolute atomic E-state index is 11.4. The molecule has 0 rings (SSSR count). The SMILES string of the molecule is C=CC(=O)OCS(=O)(=O)OCC(CC)CCCC. The lowest BCUT2D eigenvalue weighted by molar-refractivity contribution is -0.135. The molecule has 0 bridgehead atoms. The maximum atomic E-state index is 11.4. The number of unbranched alkanes of at least 4 members (excludes halogenated alkanes) is 1. The Hall–Kier alpha value is -0.880. The Morgan fingerprint density at radius 2 is 2.06 bits per heavy atom. The topological polar surface area (TPSA) is 69.7 Å². The highest BCUT2D eigenvalue weighted by Crippen LogP contribution is 2.14. The molecule has 0 N–H and O–H groups in total. The van der Waals surface area contributed by atoms with Gasteiger partial charge in [-0.15, -0.1) is 0 Å². The standard InChI is InChI=1S/C12H22O5S/c1-4-7-8-11(5-2)9-17-18(14,15)10-16-12(13)6-3/h6,11H,3-5,7-10H2,1-2H3. The Morgan fingerprint density at radius 3 is 2.56 bits per heavy atom. The Kier molecular flexibility index (Phi) is 8.66. The first kappa shape index (κ1) is 17.1. The average molecular weight is 278 g/mol. The van der Waals surface area contributed by atoms with E-state index in [4.69, 9.17) is 4.18 Å². The lowest BCUT2D eigenvalue weighted by atomic mass is 10.0. The van der Waals surface area contributed by atoms with Gasteiger partial charge in [-0.3, -0.25) is 4.18 Å². The van der Waals surface area contributed by atoms with Gasteiger partial charge in [0.25, 0.3) is 0 Å². The van der Waals surface area contributed by atoms with E-state index in [1.54, 1.807) is 0 Å². The third-order valence-corrected chi connectivity index (χ3v) is 3.44. The van der Waals surface area contributed by atoms with Crippen molar-refractivity contribution in [3.63, 3.8) is 0 Å². The van der Waals surface area contributed by atoms with Crippen LogP contribution in [0.25, 0.3) is 0 Å². The Labute approximate surface area is 109 Å². The first-order valence-electron chi connectivity index (χ1n) is 6.11. The largest absolute Gasteiger partial charge is 0.444 e. The molecule has 1 unspecified atom stereocenters. The minimum Gasteiger partial charge on any atom is -0.444 e. The second kappa shape index (κ2) is 9.10. The monoisotopic (exact) mass is 278 g/mol. The zero-order valence-corrected chi connectivity index (χ0v) is 11.9. The van der Waals surface area contributed by atoms with Crippen LogP contribution in [-0.4, -0.2) is 26.9 Å². The summed E-state index contributed by atoms with van der Waals surface area (Å²) in [6.45, 7) is 7.39. The summed E-state index contributed by atoms with van der Waals surface area (Å²) in [5, 5.41) is 0. The highest BCUT2D eigenvalue weighted by Gasteiger charge is 2.16. The zero-order chi connectivity index (χ0) is 14.0. The van der Waals surface area contributed by atoms with E-state index in [-0.39, 0.29) is 12.5 Å². The molecule has 0 radical (unpaired) electrons. The smallest absolute Gasteiger partial charge is 0.331 e. The fourth-order valence-corrected chi connectivity index (χ4v) is 2.05. The van der Waals surface area contributed by atoms with Crippen LogP contribution in [0.15, 0.2) is 12.7 Å². The van der Waals surface area contributed by atoms with Crippen LogP contribution >= 0.6 is 0 Å². The van der Waals surface area contributed by atoms with E-state index in [1.807, 2.05) is 6.92 Å². The number of hydrogen-bond acceptors (Lipinski definition) is 5. The van der Waals surface area contributed by atoms with Gasteiger partial charge in [0.2, 0.25) is 5.94 Å². The molecule has 0 aromatic rings. The minimum atomic E-state index is -3.81. The molecule has 0 aliphatic rings. The minimum absolute atomic E-state index is 0.143. The van der Waals surface area contributed by atoms with E-state index < -0.39 is 22.0 Å². The summed E-state index contributed by atoms with van der Waals surface area (Å²) in [5.74, 6) is -1.32. The predicted octanol–water partition coefficient (Wildman–Crippen LogP) is 2.24. The van der Waals surface area contributed by atoms with Gasteiger partial charge in [-0.1, -0.05) is 39.7 Å². The van der Waals surface area contributed by atoms with Crippen molar-refractivity contribution in [3.8, 4) is 0 Å². The number of hydrogen-bond donors (Lipinski definition) is 0. The summed E-state index contributed by atoms with van der Waals surface area (Å²) in [6.07, 6.45) is 4.83. The molecule has 0 fully saturated rings. The molecular weight excluding hydrogens is 256 g/mol. The number of carbonyl (C=O) groups excluding carboxylic acids is 1. The van der Waals surface area contributed by atoms with Gasteiger partial charge in [-0.2, -0.15) is 8.42 Å². The summed E-state index contributed by atoms with van der Waals surface area (Å²) in [4.78, 5) is 10.7. The van der Waals surface area contributed by atoms with Crippen LogP contribution in [0.5, 0.6) is 0 Å². The first-order valence-corrected chi connectivity index (χ1v) is 7.69. The molecule has 0 aliphatic carbocycles. The van der Waals surface area contributed by atoms with Crippen molar-refractivity contribution in [1.29, 1.82) is 0 Å². The van der Waals surface area contributed by atoms with Gasteiger partial charge >= 0.3 is 16.1 Å². The van der Waals surface area contributed by atoms with Gasteiger partial charge in [0, 0.05) is 6.08 Å². The molecule has 0 aromatic carbocycles. The molecule has 106 valence electrons. The number of carbonyl (C=O) groups is 1. The van der Waals surface area contributed by atoms with Crippen molar-refractivity contribution in [1.82, 2.24) is 0 Å². The molecular formula is C12H22O5S. The Bertz CT molecular complexity index is 347. The van der Waals surface area contributed by atoms with Gasteiger partial charge in [-0.05, 0) is 12.3 Å². The molecule has 0 aromatic heterocycles. The quantitative estimate of drug-likeness (QED) is 0.348. The highest BCUT2D eigenvalue weighted by molar-refractivity contribution is 7.86. The van der Waals surface area contributed by atoms with Crippen LogP contribution in [0.2, 0.25) is 0 Å². The van der Waals surface area contributed by atoms with Crippen LogP contribution in [-0.2, 0) is 23.8 Å². The van der Waals surface area contributed by atoms with Gasteiger partial charge in [-0.25, -0.2) is 4.79 Å². The summed E-state index contributed by atoms with van der Waals surface area (Å²) in [6, 6.07) is 0. The first-order chi connectivity index (χ1) is 8.45. The van der Waals surface area contributed by atoms with E-state index in [1.165, 1.54) is 0 Å². The molecule has 5 nitrogen and oxygen atoms in total. The van der Waals surface area contributed by atoms with Crippen LogP contribution in [0.3, 0.4) is 0 Å². The van der Waals surface area contributed by atoms with Crippen molar-refractivity contribution in [3.05, 3.63) is 12.7 Å². The van der Waals surface area contributed by atoms with Crippen LogP contribution in [0, 0.1) is 5.92 Å². The van der Waals surface area contributed by atoms with Crippen molar-refractivity contribution in [2.24, 2.45) is 5.92 Å². The highest BCUT2D eigenvalue weighted by atomic mass is 32.2. The third kappa shape index (κ3) is 8.25. The molecule has 0 aliphatic heterocycles. The maximum Gasteiger partial charge on any atom is 0.331 e. The summed E-state index contributed by atoms with van der Waals surface area (Å²) < 4.78 is 32.1. The number of rotatable bonds is 10. The van der Waals surface area contributed by atoms with Crippen molar-refractivity contribution in [2.75, 3.05) is 12.5 Å². The third-order valence-electron chi connectivity index (χ3n) is 2.54.